The molecule has 0 bridgehead atoms. The van der Waals surface area contributed by atoms with Crippen LogP contribution < -0.4 is 5.32 Å². The lowest BCUT2D eigenvalue weighted by Crippen LogP contribution is -2.42. The number of amides is 1. The number of hydrogen-bond acceptors (Lipinski definition) is 3. The number of carbonyl (C=O) groups is 1. The van der Waals surface area contributed by atoms with E-state index in [1.165, 1.54) is 11.8 Å². The van der Waals surface area contributed by atoms with E-state index in [0.29, 0.717) is 30.2 Å². The molecule has 1 rings (SSSR count). The van der Waals surface area contributed by atoms with Crippen molar-refractivity contribution < 1.29 is 9.90 Å². The van der Waals surface area contributed by atoms with Crippen LogP contribution in [-0.4, -0.2) is 28.9 Å². The molecule has 0 atom stereocenters. The van der Waals surface area contributed by atoms with Crippen LogP contribution in [0.5, 0.6) is 0 Å². The van der Waals surface area contributed by atoms with Crippen LogP contribution in [0.15, 0.2) is 24.3 Å². The summed E-state index contributed by atoms with van der Waals surface area (Å²) in [6, 6.07) is 7.63. The number of carbonyl (C=O) groups excluding carboxylic acids is 1. The van der Waals surface area contributed by atoms with Crippen LogP contribution >= 0.6 is 23.4 Å². The molecule has 1 amide bonds. The van der Waals surface area contributed by atoms with Crippen molar-refractivity contribution in [1.82, 2.24) is 5.32 Å². The Morgan fingerprint density at radius 1 is 1.40 bits per heavy atom. The molecule has 112 valence electrons. The van der Waals surface area contributed by atoms with E-state index in [-0.39, 0.29) is 5.91 Å². The first-order valence-electron chi connectivity index (χ1n) is 6.80. The fourth-order valence-corrected chi connectivity index (χ4v) is 2.72. The molecule has 0 fully saturated rings. The number of rotatable bonds is 8. The molecule has 0 aliphatic rings. The molecule has 20 heavy (non-hydrogen) atoms. The Morgan fingerprint density at radius 2 is 2.10 bits per heavy atom. The van der Waals surface area contributed by atoms with Gasteiger partial charge in [0.1, 0.15) is 0 Å². The zero-order valence-corrected chi connectivity index (χ0v) is 13.6. The molecule has 1 aromatic rings. The van der Waals surface area contributed by atoms with Crippen LogP contribution in [0.2, 0.25) is 5.02 Å². The van der Waals surface area contributed by atoms with Crippen molar-refractivity contribution in [3.8, 4) is 0 Å². The number of thioether (sulfide) groups is 1. The van der Waals surface area contributed by atoms with Gasteiger partial charge < -0.3 is 10.4 Å². The molecule has 0 unspecified atom stereocenters. The Morgan fingerprint density at radius 3 is 2.70 bits per heavy atom. The third-order valence-corrected chi connectivity index (χ3v) is 4.56. The van der Waals surface area contributed by atoms with E-state index >= 15 is 0 Å². The molecule has 1 aromatic carbocycles. The molecule has 0 aliphatic carbocycles. The van der Waals surface area contributed by atoms with Crippen molar-refractivity contribution >= 4 is 29.3 Å². The molecule has 2 N–H and O–H groups in total. The molecule has 5 heteroatoms. The minimum atomic E-state index is -0.784. The number of hydrogen-bond donors (Lipinski definition) is 2. The van der Waals surface area contributed by atoms with E-state index in [1.54, 1.807) is 0 Å². The SMILES string of the molecule is CCC(O)(CC)CNC(=O)CSCc1cccc(Cl)c1. The Balaban J connectivity index is 2.27. The van der Waals surface area contributed by atoms with Gasteiger partial charge in [-0.3, -0.25) is 4.79 Å². The molecule has 0 aliphatic heterocycles. The Kier molecular flexibility index (Phi) is 7.41. The van der Waals surface area contributed by atoms with Crippen molar-refractivity contribution in [2.45, 2.75) is 38.0 Å². The van der Waals surface area contributed by atoms with Gasteiger partial charge >= 0.3 is 0 Å². The maximum Gasteiger partial charge on any atom is 0.230 e. The maximum absolute atomic E-state index is 11.7. The normalized spacial score (nSPS) is 11.4. The molecule has 0 spiro atoms. The summed E-state index contributed by atoms with van der Waals surface area (Å²) in [4.78, 5) is 11.7. The second-order valence-corrected chi connectivity index (χ2v) is 6.25. The van der Waals surface area contributed by atoms with Gasteiger partial charge in [0.15, 0.2) is 0 Å². The highest BCUT2D eigenvalue weighted by Gasteiger charge is 2.22. The van der Waals surface area contributed by atoms with Gasteiger partial charge in [0, 0.05) is 17.3 Å². The summed E-state index contributed by atoms with van der Waals surface area (Å²) in [5, 5.41) is 13.6. The predicted molar refractivity (Wildman–Crippen MR) is 86.2 cm³/mol. The Labute approximate surface area is 130 Å². The van der Waals surface area contributed by atoms with Crippen LogP contribution in [0, 0.1) is 0 Å². The summed E-state index contributed by atoms with van der Waals surface area (Å²) in [7, 11) is 0. The summed E-state index contributed by atoms with van der Waals surface area (Å²) in [5.41, 5.74) is 0.321. The molecule has 0 radical (unpaired) electrons. The first kappa shape index (κ1) is 17.3. The van der Waals surface area contributed by atoms with Gasteiger partial charge in [-0.25, -0.2) is 0 Å². The quantitative estimate of drug-likeness (QED) is 0.774. The van der Waals surface area contributed by atoms with E-state index in [4.69, 9.17) is 11.6 Å². The largest absolute Gasteiger partial charge is 0.388 e. The van der Waals surface area contributed by atoms with E-state index < -0.39 is 5.60 Å². The van der Waals surface area contributed by atoms with Crippen LogP contribution in [0.25, 0.3) is 0 Å². The minimum Gasteiger partial charge on any atom is -0.388 e. The average molecular weight is 316 g/mol. The topological polar surface area (TPSA) is 49.3 Å². The van der Waals surface area contributed by atoms with Crippen molar-refractivity contribution in [3.63, 3.8) is 0 Å². The minimum absolute atomic E-state index is 0.0441. The fraction of sp³-hybridized carbons (Fsp3) is 0.533. The van der Waals surface area contributed by atoms with E-state index in [2.05, 4.69) is 5.32 Å². The fourth-order valence-electron chi connectivity index (χ4n) is 1.70. The first-order chi connectivity index (χ1) is 9.49. The third kappa shape index (κ3) is 6.16. The van der Waals surface area contributed by atoms with Crippen molar-refractivity contribution in [1.29, 1.82) is 0 Å². The summed E-state index contributed by atoms with van der Waals surface area (Å²) >= 11 is 7.44. The van der Waals surface area contributed by atoms with Crippen molar-refractivity contribution in [2.24, 2.45) is 0 Å². The summed E-state index contributed by atoms with van der Waals surface area (Å²) in [6.07, 6.45) is 1.28. The van der Waals surface area contributed by atoms with Gasteiger partial charge in [0.2, 0.25) is 5.91 Å². The summed E-state index contributed by atoms with van der Waals surface area (Å²) in [6.45, 7) is 4.16. The Hall–Kier alpha value is -0.710. The molecule has 0 saturated heterocycles. The first-order valence-corrected chi connectivity index (χ1v) is 8.33. The van der Waals surface area contributed by atoms with Gasteiger partial charge in [-0.1, -0.05) is 37.6 Å². The Bertz CT molecular complexity index is 436. The standard InChI is InChI=1S/C15H22ClNO2S/c1-3-15(19,4-2)11-17-14(18)10-20-9-12-6-5-7-13(16)8-12/h5-8,19H,3-4,9-11H2,1-2H3,(H,17,18). The number of halogens is 1. The maximum atomic E-state index is 11.7. The highest BCUT2D eigenvalue weighted by molar-refractivity contribution is 7.99. The van der Waals surface area contributed by atoms with E-state index in [0.717, 1.165) is 11.3 Å². The second kappa shape index (κ2) is 8.55. The average Bonchev–Trinajstić information content (AvgIpc) is 2.45. The van der Waals surface area contributed by atoms with Gasteiger partial charge in [0.05, 0.1) is 11.4 Å². The van der Waals surface area contributed by atoms with Gasteiger partial charge in [-0.05, 0) is 30.5 Å². The van der Waals surface area contributed by atoms with Crippen LogP contribution in [-0.2, 0) is 10.5 Å². The second-order valence-electron chi connectivity index (χ2n) is 4.83. The highest BCUT2D eigenvalue weighted by atomic mass is 35.5. The van der Waals surface area contributed by atoms with Crippen LogP contribution in [0.3, 0.4) is 0 Å². The predicted octanol–water partition coefficient (Wildman–Crippen LogP) is 3.24. The summed E-state index contributed by atoms with van der Waals surface area (Å²) < 4.78 is 0. The molecule has 0 aromatic heterocycles. The highest BCUT2D eigenvalue weighted by Crippen LogP contribution is 2.17. The van der Waals surface area contributed by atoms with Crippen LogP contribution in [0.4, 0.5) is 0 Å². The number of aliphatic hydroxyl groups is 1. The third-order valence-electron chi connectivity index (χ3n) is 3.32. The lowest BCUT2D eigenvalue weighted by atomic mass is 9.98. The lowest BCUT2D eigenvalue weighted by Gasteiger charge is -2.25. The molecular weight excluding hydrogens is 294 g/mol. The van der Waals surface area contributed by atoms with Crippen LogP contribution in [0.1, 0.15) is 32.3 Å². The van der Waals surface area contributed by atoms with E-state index in [1.807, 2.05) is 38.1 Å². The number of nitrogens with one attached hydrogen (secondary N) is 1. The molecule has 0 saturated carbocycles. The van der Waals surface area contributed by atoms with Crippen molar-refractivity contribution in [3.05, 3.63) is 34.9 Å². The van der Waals surface area contributed by atoms with E-state index in [9.17, 15) is 9.90 Å². The monoisotopic (exact) mass is 315 g/mol. The van der Waals surface area contributed by atoms with Gasteiger partial charge in [-0.2, -0.15) is 0 Å². The zero-order chi connectivity index (χ0) is 15.0. The zero-order valence-electron chi connectivity index (χ0n) is 12.0. The molecule has 0 heterocycles. The molecular formula is C15H22ClNO2S. The number of benzene rings is 1. The smallest absolute Gasteiger partial charge is 0.230 e. The lowest BCUT2D eigenvalue weighted by molar-refractivity contribution is -0.119. The van der Waals surface area contributed by atoms with Gasteiger partial charge in [0.25, 0.3) is 0 Å². The van der Waals surface area contributed by atoms with Gasteiger partial charge in [-0.15, -0.1) is 11.8 Å². The summed E-state index contributed by atoms with van der Waals surface area (Å²) in [5.74, 6) is 1.09. The van der Waals surface area contributed by atoms with Crippen molar-refractivity contribution in [2.75, 3.05) is 12.3 Å². The molecule has 3 nitrogen and oxygen atoms in total.